The minimum Gasteiger partial charge on any atom is -0.497 e. The molecule has 1 fully saturated rings. The second kappa shape index (κ2) is 8.96. The molecule has 36 heavy (non-hydrogen) atoms. The van der Waals surface area contributed by atoms with Gasteiger partial charge in [0, 0.05) is 29.8 Å². The van der Waals surface area contributed by atoms with Crippen molar-refractivity contribution >= 4 is 11.6 Å². The predicted molar refractivity (Wildman–Crippen MR) is 131 cm³/mol. The Balaban J connectivity index is 1.50. The van der Waals surface area contributed by atoms with Gasteiger partial charge in [-0.15, -0.1) is 0 Å². The Morgan fingerprint density at radius 1 is 1.03 bits per heavy atom. The normalized spacial score (nSPS) is 17.2. The van der Waals surface area contributed by atoms with Crippen molar-refractivity contribution in [1.82, 2.24) is 14.7 Å². The van der Waals surface area contributed by atoms with Crippen molar-refractivity contribution < 1.29 is 22.7 Å². The van der Waals surface area contributed by atoms with E-state index < -0.39 is 17.8 Å². The van der Waals surface area contributed by atoms with Crippen LogP contribution in [0.2, 0.25) is 0 Å². The number of ether oxygens (including phenoxy) is 1. The number of fused-ring (bicyclic) bond motifs is 1. The summed E-state index contributed by atoms with van der Waals surface area (Å²) in [4.78, 5) is 17.4. The van der Waals surface area contributed by atoms with E-state index in [1.807, 2.05) is 12.1 Å². The Morgan fingerprint density at radius 2 is 1.67 bits per heavy atom. The van der Waals surface area contributed by atoms with Crippen molar-refractivity contribution in [2.45, 2.75) is 37.3 Å². The molecule has 0 N–H and O–H groups in total. The van der Waals surface area contributed by atoms with Gasteiger partial charge in [0.05, 0.1) is 12.8 Å². The molecule has 6 nitrogen and oxygen atoms in total. The lowest BCUT2D eigenvalue weighted by molar-refractivity contribution is -0.141. The Hall–Kier alpha value is -3.33. The first-order chi connectivity index (χ1) is 17.1. The fourth-order valence-corrected chi connectivity index (χ4v) is 5.49. The quantitative estimate of drug-likeness (QED) is 0.475. The third kappa shape index (κ3) is 4.15. The van der Waals surface area contributed by atoms with Crippen molar-refractivity contribution in [2.75, 3.05) is 39.2 Å². The number of carbonyl (C=O) groups excluding carboxylic acids is 1. The zero-order valence-corrected chi connectivity index (χ0v) is 20.6. The monoisotopic (exact) mass is 498 g/mol. The molecule has 0 spiro atoms. The average molecular weight is 499 g/mol. The Morgan fingerprint density at radius 3 is 2.19 bits per heavy atom. The van der Waals surface area contributed by atoms with Gasteiger partial charge in [-0.2, -0.15) is 18.3 Å². The molecule has 190 valence electrons. The summed E-state index contributed by atoms with van der Waals surface area (Å²) in [7, 11) is 5.64. The highest BCUT2D eigenvalue weighted by Gasteiger charge is 2.44. The maximum atomic E-state index is 13.8. The van der Waals surface area contributed by atoms with Gasteiger partial charge >= 0.3 is 6.18 Å². The number of halogens is 3. The zero-order valence-electron chi connectivity index (χ0n) is 20.6. The van der Waals surface area contributed by atoms with E-state index in [9.17, 15) is 18.0 Å². The third-order valence-electron chi connectivity index (χ3n) is 7.32. The van der Waals surface area contributed by atoms with Crippen LogP contribution < -0.4 is 9.64 Å². The maximum absolute atomic E-state index is 13.8. The molecule has 2 aromatic carbocycles. The lowest BCUT2D eigenvalue weighted by Crippen LogP contribution is -2.43. The van der Waals surface area contributed by atoms with Crippen LogP contribution in [0.5, 0.6) is 5.75 Å². The summed E-state index contributed by atoms with van der Waals surface area (Å²) in [5, 5.41) is 3.86. The molecule has 0 atom stereocenters. The van der Waals surface area contributed by atoms with E-state index in [-0.39, 0.29) is 29.6 Å². The number of benzene rings is 2. The first-order valence-electron chi connectivity index (χ1n) is 12.0. The van der Waals surface area contributed by atoms with E-state index in [4.69, 9.17) is 4.74 Å². The minimum atomic E-state index is -4.66. The molecule has 0 unspecified atom stereocenters. The lowest BCUT2D eigenvalue weighted by Gasteiger charge is -2.44. The van der Waals surface area contributed by atoms with Gasteiger partial charge < -0.3 is 14.5 Å². The summed E-state index contributed by atoms with van der Waals surface area (Å²) in [6.07, 6.45) is -1.15. The number of methoxy groups -OCH3 is 1. The number of hydrogen-bond acceptors (Lipinski definition) is 4. The van der Waals surface area contributed by atoms with Crippen LogP contribution in [-0.2, 0) is 18.0 Å². The van der Waals surface area contributed by atoms with Gasteiger partial charge in [0.2, 0.25) is 0 Å². The molecule has 3 aromatic rings. The SMILES string of the molecule is COc1ccc(-n2nc(C(F)(F)F)c3c2C(=O)N(c2ccc(C4(CN(C)C)CCC4)cc2)CC3)cc1. The number of hydrogen-bond donors (Lipinski definition) is 0. The summed E-state index contributed by atoms with van der Waals surface area (Å²) in [6.45, 7) is 1.12. The first kappa shape index (κ1) is 24.4. The summed E-state index contributed by atoms with van der Waals surface area (Å²) in [6, 6.07) is 14.4. The number of anilines is 1. The van der Waals surface area contributed by atoms with E-state index in [1.165, 1.54) is 19.1 Å². The number of carbonyl (C=O) groups is 1. The molecule has 1 aliphatic carbocycles. The van der Waals surface area contributed by atoms with E-state index in [0.29, 0.717) is 17.1 Å². The Kier molecular flexibility index (Phi) is 6.06. The van der Waals surface area contributed by atoms with Crippen molar-refractivity contribution in [3.8, 4) is 11.4 Å². The average Bonchev–Trinajstić information content (AvgIpc) is 3.23. The summed E-state index contributed by atoms with van der Waals surface area (Å²) in [5.74, 6) is 0.0665. The molecule has 5 rings (SSSR count). The number of nitrogens with zero attached hydrogens (tertiary/aromatic N) is 4. The highest BCUT2D eigenvalue weighted by molar-refractivity contribution is 6.07. The van der Waals surface area contributed by atoms with Gasteiger partial charge in [0.15, 0.2) is 5.69 Å². The predicted octanol–water partition coefficient (Wildman–Crippen LogP) is 5.09. The largest absolute Gasteiger partial charge is 0.497 e. The van der Waals surface area contributed by atoms with E-state index >= 15 is 0 Å². The lowest BCUT2D eigenvalue weighted by atomic mass is 9.64. The molecule has 2 aliphatic rings. The van der Waals surface area contributed by atoms with Gasteiger partial charge in [-0.3, -0.25) is 4.79 Å². The fourth-order valence-electron chi connectivity index (χ4n) is 5.49. The molecule has 2 heterocycles. The second-order valence-corrected chi connectivity index (χ2v) is 9.91. The smallest absolute Gasteiger partial charge is 0.435 e. The van der Waals surface area contributed by atoms with Crippen molar-refractivity contribution in [3.05, 3.63) is 71.0 Å². The van der Waals surface area contributed by atoms with Crippen molar-refractivity contribution in [1.29, 1.82) is 0 Å². The van der Waals surface area contributed by atoms with Crippen LogP contribution in [-0.4, -0.2) is 54.9 Å². The van der Waals surface area contributed by atoms with Crippen LogP contribution in [0.1, 0.15) is 46.6 Å². The van der Waals surface area contributed by atoms with Crippen LogP contribution in [0.25, 0.3) is 5.69 Å². The van der Waals surface area contributed by atoms with Crippen LogP contribution >= 0.6 is 0 Å². The van der Waals surface area contributed by atoms with Crippen LogP contribution in [0, 0.1) is 0 Å². The first-order valence-corrected chi connectivity index (χ1v) is 12.0. The molecule has 1 aliphatic heterocycles. The summed E-state index contributed by atoms with van der Waals surface area (Å²) in [5.41, 5.74) is 1.27. The van der Waals surface area contributed by atoms with E-state index in [2.05, 4.69) is 36.2 Å². The molecule has 9 heteroatoms. The topological polar surface area (TPSA) is 50.6 Å². The summed E-state index contributed by atoms with van der Waals surface area (Å²) < 4.78 is 47.8. The molecule has 0 saturated heterocycles. The van der Waals surface area contributed by atoms with Gasteiger partial charge in [-0.1, -0.05) is 18.6 Å². The maximum Gasteiger partial charge on any atom is 0.435 e. The molecule has 1 amide bonds. The Labute approximate surface area is 208 Å². The molecule has 1 aromatic heterocycles. The zero-order chi connectivity index (χ0) is 25.7. The van der Waals surface area contributed by atoms with E-state index in [1.54, 1.807) is 29.2 Å². The molecule has 1 saturated carbocycles. The Bertz CT molecular complexity index is 1260. The van der Waals surface area contributed by atoms with Crippen molar-refractivity contribution in [3.63, 3.8) is 0 Å². The number of likely N-dealkylation sites (N-methyl/N-ethyl adjacent to an activating group) is 1. The van der Waals surface area contributed by atoms with E-state index in [0.717, 1.165) is 24.1 Å². The molecular formula is C27H29F3N4O2. The van der Waals surface area contributed by atoms with Gasteiger partial charge in [-0.25, -0.2) is 4.68 Å². The molecule has 0 bridgehead atoms. The standard InChI is InChI=1S/C27H29F3N4O2/c1-32(2)17-26(14-4-15-26)18-5-7-19(8-6-18)33-16-13-22-23(25(33)35)34(31-24(22)27(28,29)30)20-9-11-21(36-3)12-10-20/h5-12H,4,13-17H2,1-3H3. The van der Waals surface area contributed by atoms with Crippen LogP contribution in [0.4, 0.5) is 18.9 Å². The molecule has 0 radical (unpaired) electrons. The van der Waals surface area contributed by atoms with Crippen LogP contribution in [0.3, 0.4) is 0 Å². The minimum absolute atomic E-state index is 0.0501. The highest BCUT2D eigenvalue weighted by Crippen LogP contribution is 2.45. The number of rotatable bonds is 6. The second-order valence-electron chi connectivity index (χ2n) is 9.91. The third-order valence-corrected chi connectivity index (χ3v) is 7.32. The van der Waals surface area contributed by atoms with Gasteiger partial charge in [-0.05, 0) is 75.3 Å². The fraction of sp³-hybridized carbons (Fsp3) is 0.407. The number of amides is 1. The van der Waals surface area contributed by atoms with Gasteiger partial charge in [0.25, 0.3) is 5.91 Å². The highest BCUT2D eigenvalue weighted by atomic mass is 19.4. The number of aromatic nitrogens is 2. The van der Waals surface area contributed by atoms with Crippen LogP contribution in [0.15, 0.2) is 48.5 Å². The van der Waals surface area contributed by atoms with Crippen molar-refractivity contribution in [2.24, 2.45) is 0 Å². The molecular weight excluding hydrogens is 469 g/mol. The number of alkyl halides is 3. The summed E-state index contributed by atoms with van der Waals surface area (Å²) >= 11 is 0. The van der Waals surface area contributed by atoms with Gasteiger partial charge in [0.1, 0.15) is 11.4 Å².